The van der Waals surface area contributed by atoms with Crippen molar-refractivity contribution in [2.24, 2.45) is 0 Å². The number of aromatic nitrogens is 3. The van der Waals surface area contributed by atoms with Crippen LogP contribution >= 0.6 is 11.6 Å². The average Bonchev–Trinajstić information content (AvgIpc) is 2.53. The van der Waals surface area contributed by atoms with E-state index >= 15 is 0 Å². The van der Waals surface area contributed by atoms with E-state index in [-0.39, 0.29) is 0 Å². The van der Waals surface area contributed by atoms with Crippen LogP contribution in [0.1, 0.15) is 5.56 Å². The Morgan fingerprint density at radius 1 is 1.46 bits per heavy atom. The van der Waals surface area contributed by atoms with Crippen LogP contribution in [0.4, 0.5) is 0 Å². The number of rotatable bonds is 1. The Kier molecular flexibility index (Phi) is 2.02. The molecule has 0 N–H and O–H groups in total. The quantitative estimate of drug-likeness (QED) is 0.696. The van der Waals surface area contributed by atoms with Crippen molar-refractivity contribution in [3.63, 3.8) is 0 Å². The van der Waals surface area contributed by atoms with Crippen LogP contribution < -0.4 is 0 Å². The van der Waals surface area contributed by atoms with Gasteiger partial charge in [-0.15, -0.1) is 0 Å². The molecule has 0 amide bonds. The molecule has 0 aliphatic heterocycles. The molecule has 2 rings (SSSR count). The monoisotopic (exact) mass is 193 g/mol. The first-order chi connectivity index (χ1) is 6.27. The third kappa shape index (κ3) is 1.55. The second-order valence-electron chi connectivity index (χ2n) is 2.77. The van der Waals surface area contributed by atoms with Crippen LogP contribution in [0, 0.1) is 6.92 Å². The van der Waals surface area contributed by atoms with Gasteiger partial charge in [-0.3, -0.25) is 0 Å². The van der Waals surface area contributed by atoms with Crippen molar-refractivity contribution in [1.82, 2.24) is 14.8 Å². The number of pyridine rings is 1. The van der Waals surface area contributed by atoms with Crippen molar-refractivity contribution in [2.75, 3.05) is 0 Å². The highest BCUT2D eigenvalue weighted by molar-refractivity contribution is 6.32. The predicted molar refractivity (Wildman–Crippen MR) is 51.1 cm³/mol. The number of hydrogen-bond acceptors (Lipinski definition) is 2. The normalized spacial score (nSPS) is 10.3. The first-order valence-electron chi connectivity index (χ1n) is 3.89. The Labute approximate surface area is 81.0 Å². The molecule has 3 nitrogen and oxygen atoms in total. The maximum atomic E-state index is 5.94. The third-order valence-corrected chi connectivity index (χ3v) is 1.96. The minimum atomic E-state index is 0.602. The third-order valence-electron chi connectivity index (χ3n) is 1.67. The Balaban J connectivity index is 2.52. The molecule has 0 aromatic carbocycles. The van der Waals surface area contributed by atoms with Gasteiger partial charge in [0.15, 0.2) is 5.82 Å². The fourth-order valence-electron chi connectivity index (χ4n) is 1.07. The smallest absolute Gasteiger partial charge is 0.172 e. The highest BCUT2D eigenvalue weighted by Gasteiger charge is 2.03. The fraction of sp³-hybridized carbons (Fsp3) is 0.111. The highest BCUT2D eigenvalue weighted by Crippen LogP contribution is 2.16. The molecule has 0 saturated heterocycles. The molecule has 66 valence electrons. The van der Waals surface area contributed by atoms with Crippen molar-refractivity contribution in [3.8, 4) is 5.82 Å². The van der Waals surface area contributed by atoms with Crippen LogP contribution in [0.25, 0.3) is 5.82 Å². The summed E-state index contributed by atoms with van der Waals surface area (Å²) >= 11 is 5.94. The topological polar surface area (TPSA) is 30.7 Å². The Morgan fingerprint density at radius 3 is 2.92 bits per heavy atom. The second kappa shape index (κ2) is 3.18. The maximum Gasteiger partial charge on any atom is 0.172 e. The molecule has 13 heavy (non-hydrogen) atoms. The van der Waals surface area contributed by atoms with E-state index in [2.05, 4.69) is 10.1 Å². The van der Waals surface area contributed by atoms with Gasteiger partial charge in [-0.25, -0.2) is 9.67 Å². The van der Waals surface area contributed by atoms with Gasteiger partial charge < -0.3 is 0 Å². The van der Waals surface area contributed by atoms with Gasteiger partial charge in [0.05, 0.1) is 11.2 Å². The van der Waals surface area contributed by atoms with E-state index in [4.69, 9.17) is 11.6 Å². The highest BCUT2D eigenvalue weighted by atomic mass is 35.5. The van der Waals surface area contributed by atoms with E-state index in [0.29, 0.717) is 10.8 Å². The number of aryl methyl sites for hydroxylation is 1. The zero-order chi connectivity index (χ0) is 9.26. The molecule has 0 fully saturated rings. The SMILES string of the molecule is Cc1cnn(-c2ncccc2Cl)c1. The Bertz CT molecular complexity index is 422. The fourth-order valence-corrected chi connectivity index (χ4v) is 1.28. The van der Waals surface area contributed by atoms with Crippen LogP contribution in [0.2, 0.25) is 5.02 Å². The van der Waals surface area contributed by atoms with E-state index in [1.807, 2.05) is 13.1 Å². The molecule has 2 aromatic heterocycles. The van der Waals surface area contributed by atoms with Crippen molar-refractivity contribution >= 4 is 11.6 Å². The summed E-state index contributed by atoms with van der Waals surface area (Å²) < 4.78 is 1.66. The maximum absolute atomic E-state index is 5.94. The molecule has 0 saturated carbocycles. The summed E-state index contributed by atoms with van der Waals surface area (Å²) in [5.41, 5.74) is 1.08. The minimum Gasteiger partial charge on any atom is -0.236 e. The van der Waals surface area contributed by atoms with Gasteiger partial charge in [0.2, 0.25) is 0 Å². The molecule has 0 unspecified atom stereocenters. The molecule has 0 radical (unpaired) electrons. The van der Waals surface area contributed by atoms with E-state index in [0.717, 1.165) is 5.56 Å². The summed E-state index contributed by atoms with van der Waals surface area (Å²) in [6.07, 6.45) is 5.34. The van der Waals surface area contributed by atoms with Crippen LogP contribution in [-0.2, 0) is 0 Å². The molecule has 0 bridgehead atoms. The summed E-state index contributed by atoms with van der Waals surface area (Å²) in [7, 11) is 0. The van der Waals surface area contributed by atoms with Crippen molar-refractivity contribution in [2.45, 2.75) is 6.92 Å². The second-order valence-corrected chi connectivity index (χ2v) is 3.18. The van der Waals surface area contributed by atoms with E-state index in [1.54, 1.807) is 29.2 Å². The molecule has 0 aliphatic rings. The molecular weight excluding hydrogens is 186 g/mol. The van der Waals surface area contributed by atoms with Gasteiger partial charge >= 0.3 is 0 Å². The number of nitrogens with zero attached hydrogens (tertiary/aromatic N) is 3. The van der Waals surface area contributed by atoms with Gasteiger partial charge in [-0.2, -0.15) is 5.10 Å². The largest absolute Gasteiger partial charge is 0.236 e. The first-order valence-corrected chi connectivity index (χ1v) is 4.27. The molecule has 2 aromatic rings. The summed E-state index contributed by atoms with van der Waals surface area (Å²) in [5, 5.41) is 4.72. The van der Waals surface area contributed by atoms with Gasteiger partial charge in [-0.05, 0) is 24.6 Å². The zero-order valence-electron chi connectivity index (χ0n) is 7.11. The van der Waals surface area contributed by atoms with Crippen LogP contribution in [0.5, 0.6) is 0 Å². The van der Waals surface area contributed by atoms with Crippen molar-refractivity contribution in [1.29, 1.82) is 0 Å². The van der Waals surface area contributed by atoms with Crippen LogP contribution in [-0.4, -0.2) is 14.8 Å². The Morgan fingerprint density at radius 2 is 2.31 bits per heavy atom. The van der Waals surface area contributed by atoms with E-state index in [9.17, 15) is 0 Å². The molecular formula is C9H8ClN3. The zero-order valence-corrected chi connectivity index (χ0v) is 7.86. The number of hydrogen-bond donors (Lipinski definition) is 0. The van der Waals surface area contributed by atoms with Gasteiger partial charge in [0, 0.05) is 12.4 Å². The minimum absolute atomic E-state index is 0.602. The summed E-state index contributed by atoms with van der Waals surface area (Å²) in [6.45, 7) is 1.97. The van der Waals surface area contributed by atoms with Crippen molar-refractivity contribution in [3.05, 3.63) is 41.3 Å². The summed E-state index contributed by atoms with van der Waals surface area (Å²) in [4.78, 5) is 4.13. The molecule has 4 heteroatoms. The lowest BCUT2D eigenvalue weighted by Crippen LogP contribution is -1.97. The van der Waals surface area contributed by atoms with Crippen molar-refractivity contribution < 1.29 is 0 Å². The van der Waals surface area contributed by atoms with E-state index in [1.165, 1.54) is 0 Å². The molecule has 0 atom stereocenters. The molecule has 2 heterocycles. The van der Waals surface area contributed by atoms with Gasteiger partial charge in [0.25, 0.3) is 0 Å². The summed E-state index contributed by atoms with van der Waals surface area (Å²) in [5.74, 6) is 0.664. The summed E-state index contributed by atoms with van der Waals surface area (Å²) in [6, 6.07) is 3.59. The predicted octanol–water partition coefficient (Wildman–Crippen LogP) is 2.23. The van der Waals surface area contributed by atoms with Gasteiger partial charge in [0.1, 0.15) is 0 Å². The van der Waals surface area contributed by atoms with E-state index < -0.39 is 0 Å². The number of halogens is 1. The Hall–Kier alpha value is -1.35. The van der Waals surface area contributed by atoms with Crippen LogP contribution in [0.15, 0.2) is 30.7 Å². The first kappa shape index (κ1) is 8.26. The lowest BCUT2D eigenvalue weighted by atomic mass is 10.4. The lowest BCUT2D eigenvalue weighted by Gasteiger charge is -2.00. The average molecular weight is 194 g/mol. The van der Waals surface area contributed by atoms with Crippen LogP contribution in [0.3, 0.4) is 0 Å². The molecule has 0 aliphatic carbocycles. The lowest BCUT2D eigenvalue weighted by molar-refractivity contribution is 0.847. The van der Waals surface area contributed by atoms with Gasteiger partial charge in [-0.1, -0.05) is 11.6 Å². The standard InChI is InChI=1S/C9H8ClN3/c1-7-5-12-13(6-7)9-8(10)3-2-4-11-9/h2-6H,1H3. The molecule has 0 spiro atoms.